The molecule has 0 amide bonds. The van der Waals surface area contributed by atoms with Crippen molar-refractivity contribution in [2.75, 3.05) is 6.54 Å². The maximum atomic E-state index is 5.71. The number of nitrogens with two attached hydrogens (primary N) is 1. The van der Waals surface area contributed by atoms with E-state index in [0.29, 0.717) is 6.54 Å². The Bertz CT molecular complexity index is 170. The molecule has 0 heterocycles. The van der Waals surface area contributed by atoms with E-state index in [0.717, 1.165) is 6.42 Å². The average molecular weight is 153 g/mol. The van der Waals surface area contributed by atoms with Gasteiger partial charge in [-0.1, -0.05) is 6.58 Å². The van der Waals surface area contributed by atoms with E-state index in [4.69, 9.17) is 5.73 Å². The Labute approximate surface area is 67.7 Å². The first-order chi connectivity index (χ1) is 5.06. The maximum absolute atomic E-state index is 5.71. The third-order valence-corrected chi connectivity index (χ3v) is 1.09. The van der Waals surface area contributed by atoms with Crippen molar-refractivity contribution in [2.45, 2.75) is 25.8 Å². The van der Waals surface area contributed by atoms with Crippen LogP contribution in [0.25, 0.3) is 0 Å². The van der Waals surface area contributed by atoms with Gasteiger partial charge in [-0.2, -0.15) is 4.99 Å². The minimum atomic E-state index is -0.153. The summed E-state index contributed by atoms with van der Waals surface area (Å²) in [4.78, 5) is 7.48. The summed E-state index contributed by atoms with van der Waals surface area (Å²) in [5, 5.41) is 0. The Hall–Kier alpha value is -0.920. The predicted molar refractivity (Wildman–Crippen MR) is 47.8 cm³/mol. The monoisotopic (exact) mass is 153 g/mol. The highest BCUT2D eigenvalue weighted by Gasteiger charge is 2.08. The molecule has 0 aromatic heterocycles. The zero-order valence-corrected chi connectivity index (χ0v) is 7.17. The smallest absolute Gasteiger partial charge is 0.0942 e. The van der Waals surface area contributed by atoms with E-state index in [-0.39, 0.29) is 5.54 Å². The molecule has 0 aromatic carbocycles. The molecular formula is C8H15N3. The Morgan fingerprint density at radius 3 is 2.73 bits per heavy atom. The summed E-state index contributed by atoms with van der Waals surface area (Å²) in [5.41, 5.74) is 5.56. The van der Waals surface area contributed by atoms with Crippen molar-refractivity contribution in [3.05, 3.63) is 12.8 Å². The summed E-state index contributed by atoms with van der Waals surface area (Å²) >= 11 is 0. The topological polar surface area (TPSA) is 50.7 Å². The lowest BCUT2D eigenvalue weighted by Crippen LogP contribution is -2.32. The van der Waals surface area contributed by atoms with E-state index >= 15 is 0 Å². The third-order valence-electron chi connectivity index (χ3n) is 1.09. The quantitative estimate of drug-likeness (QED) is 0.610. The van der Waals surface area contributed by atoms with Gasteiger partial charge in [-0.25, -0.2) is 4.99 Å². The molecule has 2 N–H and O–H groups in total. The molecule has 0 bridgehead atoms. The van der Waals surface area contributed by atoms with Crippen LogP contribution in [-0.4, -0.2) is 18.1 Å². The molecule has 0 saturated carbocycles. The molecule has 0 aliphatic carbocycles. The van der Waals surface area contributed by atoms with Crippen molar-refractivity contribution in [3.8, 4) is 0 Å². The minimum Gasteiger partial charge on any atom is -0.325 e. The lowest BCUT2D eigenvalue weighted by atomic mass is 10.0. The predicted octanol–water partition coefficient (Wildman–Crippen LogP) is 1.43. The van der Waals surface area contributed by atoms with E-state index in [1.54, 1.807) is 0 Å². The van der Waals surface area contributed by atoms with Gasteiger partial charge in [-0.3, -0.25) is 0 Å². The van der Waals surface area contributed by atoms with Gasteiger partial charge in [0, 0.05) is 11.7 Å². The summed E-state index contributed by atoms with van der Waals surface area (Å²) in [6.07, 6.45) is 2.24. The van der Waals surface area contributed by atoms with Crippen molar-refractivity contribution >= 4 is 6.01 Å². The molecule has 0 aromatic rings. The molecule has 0 aliphatic heterocycles. The largest absolute Gasteiger partial charge is 0.325 e. The maximum Gasteiger partial charge on any atom is 0.0942 e. The van der Waals surface area contributed by atoms with Gasteiger partial charge < -0.3 is 5.73 Å². The van der Waals surface area contributed by atoms with E-state index in [1.165, 1.54) is 6.20 Å². The first-order valence-electron chi connectivity index (χ1n) is 3.57. The van der Waals surface area contributed by atoms with Gasteiger partial charge >= 0.3 is 0 Å². The first-order valence-corrected chi connectivity index (χ1v) is 3.57. The zero-order valence-electron chi connectivity index (χ0n) is 7.17. The van der Waals surface area contributed by atoms with Crippen LogP contribution in [0, 0.1) is 0 Å². The second-order valence-corrected chi connectivity index (χ2v) is 3.03. The van der Waals surface area contributed by atoms with Crippen LogP contribution < -0.4 is 5.73 Å². The number of aliphatic imine (C=N–C) groups is 2. The summed E-state index contributed by atoms with van der Waals surface area (Å²) in [7, 11) is 0. The van der Waals surface area contributed by atoms with Crippen LogP contribution in [-0.2, 0) is 0 Å². The highest BCUT2D eigenvalue weighted by molar-refractivity contribution is 5.42. The highest BCUT2D eigenvalue weighted by atomic mass is 14.8. The highest BCUT2D eigenvalue weighted by Crippen LogP contribution is 2.01. The summed E-state index contributed by atoms with van der Waals surface area (Å²) in [6.45, 7) is 7.99. The number of rotatable bonds is 4. The van der Waals surface area contributed by atoms with Crippen molar-refractivity contribution < 1.29 is 0 Å². The lowest BCUT2D eigenvalue weighted by molar-refractivity contribution is 0.485. The van der Waals surface area contributed by atoms with Crippen LogP contribution >= 0.6 is 0 Å². The number of hydrogen-bond donors (Lipinski definition) is 1. The fourth-order valence-corrected chi connectivity index (χ4v) is 0.476. The zero-order chi connectivity index (χ0) is 8.74. The van der Waals surface area contributed by atoms with Crippen molar-refractivity contribution in [1.29, 1.82) is 0 Å². The molecule has 0 unspecified atom stereocenters. The van der Waals surface area contributed by atoms with Gasteiger partial charge in [0.15, 0.2) is 0 Å². The Kier molecular flexibility index (Phi) is 4.42. The second-order valence-electron chi connectivity index (χ2n) is 3.03. The van der Waals surface area contributed by atoms with Crippen LogP contribution in [0.2, 0.25) is 0 Å². The SMILES string of the molecule is C=CN=C=NCCC(C)(C)N. The molecule has 3 nitrogen and oxygen atoms in total. The average Bonchev–Trinajstić information content (AvgIpc) is 1.85. The van der Waals surface area contributed by atoms with Gasteiger partial charge in [0.05, 0.1) is 12.6 Å². The molecular weight excluding hydrogens is 138 g/mol. The summed E-state index contributed by atoms with van der Waals surface area (Å²) in [5.74, 6) is 0. The fraction of sp³-hybridized carbons (Fsp3) is 0.625. The van der Waals surface area contributed by atoms with E-state index in [1.807, 2.05) is 13.8 Å². The van der Waals surface area contributed by atoms with Gasteiger partial charge in [-0.05, 0) is 20.3 Å². The van der Waals surface area contributed by atoms with Crippen LogP contribution in [0.4, 0.5) is 0 Å². The molecule has 11 heavy (non-hydrogen) atoms. The molecule has 0 atom stereocenters. The standard InChI is InChI=1S/C8H15N3/c1-4-10-7-11-6-5-8(2,3)9/h4H,1,5-6,9H2,2-3H3. The number of hydrogen-bond acceptors (Lipinski definition) is 3. The Morgan fingerprint density at radius 1 is 1.64 bits per heavy atom. The van der Waals surface area contributed by atoms with E-state index < -0.39 is 0 Å². The van der Waals surface area contributed by atoms with Crippen LogP contribution in [0.15, 0.2) is 22.8 Å². The fourth-order valence-electron chi connectivity index (χ4n) is 0.476. The Balaban J connectivity index is 3.57. The van der Waals surface area contributed by atoms with Gasteiger partial charge in [0.25, 0.3) is 0 Å². The minimum absolute atomic E-state index is 0.153. The number of nitrogens with zero attached hydrogens (tertiary/aromatic N) is 2. The Morgan fingerprint density at radius 2 is 2.27 bits per heavy atom. The molecule has 62 valence electrons. The van der Waals surface area contributed by atoms with Gasteiger partial charge in [-0.15, -0.1) is 0 Å². The third kappa shape index (κ3) is 9.08. The molecule has 0 rings (SSSR count). The lowest BCUT2D eigenvalue weighted by Gasteiger charge is -2.15. The molecule has 0 spiro atoms. The van der Waals surface area contributed by atoms with E-state index in [2.05, 4.69) is 22.6 Å². The van der Waals surface area contributed by atoms with Crippen LogP contribution in [0.5, 0.6) is 0 Å². The van der Waals surface area contributed by atoms with Crippen molar-refractivity contribution in [3.63, 3.8) is 0 Å². The van der Waals surface area contributed by atoms with Crippen LogP contribution in [0.3, 0.4) is 0 Å². The normalized spacial score (nSPS) is 10.1. The molecule has 0 aliphatic rings. The van der Waals surface area contributed by atoms with Crippen molar-refractivity contribution in [1.82, 2.24) is 0 Å². The van der Waals surface area contributed by atoms with E-state index in [9.17, 15) is 0 Å². The second kappa shape index (κ2) is 4.83. The molecule has 3 heteroatoms. The summed E-state index contributed by atoms with van der Waals surface area (Å²) < 4.78 is 0. The van der Waals surface area contributed by atoms with Gasteiger partial charge in [0.1, 0.15) is 0 Å². The first kappa shape index (κ1) is 10.1. The molecule has 0 fully saturated rings. The molecule has 0 saturated heterocycles. The van der Waals surface area contributed by atoms with Crippen LogP contribution in [0.1, 0.15) is 20.3 Å². The summed E-state index contributed by atoms with van der Waals surface area (Å²) in [6, 6.07) is 2.48. The van der Waals surface area contributed by atoms with Crippen molar-refractivity contribution in [2.24, 2.45) is 15.7 Å². The van der Waals surface area contributed by atoms with Gasteiger partial charge in [0.2, 0.25) is 0 Å². The molecule has 0 radical (unpaired) electrons.